The van der Waals surface area contributed by atoms with Crippen LogP contribution in [0.15, 0.2) is 52.5 Å². The zero-order valence-corrected chi connectivity index (χ0v) is 11.2. The third-order valence-corrected chi connectivity index (χ3v) is 3.66. The number of hydrogen-bond acceptors (Lipinski definition) is 4. The molecule has 3 N–H and O–H groups in total. The van der Waals surface area contributed by atoms with Crippen molar-refractivity contribution < 1.29 is 4.74 Å². The molecule has 0 amide bonds. The first-order chi connectivity index (χ1) is 9.24. The number of rotatable bonds is 3. The van der Waals surface area contributed by atoms with E-state index in [9.17, 15) is 0 Å². The number of nitrogen functional groups attached to an aromatic ring is 1. The molecule has 0 saturated heterocycles. The second-order valence-corrected chi connectivity index (χ2v) is 5.16. The molecule has 19 heavy (non-hydrogen) atoms. The number of imidazole rings is 1. The van der Waals surface area contributed by atoms with E-state index < -0.39 is 0 Å². The predicted molar refractivity (Wildman–Crippen MR) is 77.6 cm³/mol. The number of hydrogen-bond donors (Lipinski definition) is 2. The third-order valence-electron chi connectivity index (χ3n) is 2.76. The molecule has 0 spiro atoms. The van der Waals surface area contributed by atoms with Crippen LogP contribution in [-0.2, 0) is 0 Å². The fourth-order valence-corrected chi connectivity index (χ4v) is 2.59. The standard InChI is InChI=1S/C14H13N3OS/c1-18-10-4-7-12-13(8-10)17-14(16-12)19-11-5-2-9(15)3-6-11/h2-8H,15H2,1H3,(H,16,17). The lowest BCUT2D eigenvalue weighted by atomic mass is 10.3. The molecule has 3 aromatic rings. The molecule has 0 unspecified atom stereocenters. The van der Waals surface area contributed by atoms with E-state index in [0.717, 1.165) is 32.5 Å². The van der Waals surface area contributed by atoms with Gasteiger partial charge in [-0.2, -0.15) is 0 Å². The maximum atomic E-state index is 5.67. The van der Waals surface area contributed by atoms with Gasteiger partial charge in [-0.1, -0.05) is 11.8 Å². The van der Waals surface area contributed by atoms with Crippen molar-refractivity contribution in [2.24, 2.45) is 0 Å². The van der Waals surface area contributed by atoms with Crippen LogP contribution in [0.1, 0.15) is 0 Å². The monoisotopic (exact) mass is 271 g/mol. The third kappa shape index (κ3) is 2.51. The number of nitrogens with two attached hydrogens (primary N) is 1. The number of nitrogens with zero attached hydrogens (tertiary/aromatic N) is 1. The van der Waals surface area contributed by atoms with Crippen LogP contribution in [0.5, 0.6) is 5.75 Å². The Hall–Kier alpha value is -2.14. The van der Waals surface area contributed by atoms with E-state index in [0.29, 0.717) is 0 Å². The van der Waals surface area contributed by atoms with Crippen molar-refractivity contribution in [3.05, 3.63) is 42.5 Å². The molecule has 0 radical (unpaired) electrons. The van der Waals surface area contributed by atoms with E-state index in [1.165, 1.54) is 0 Å². The fraction of sp³-hybridized carbons (Fsp3) is 0.0714. The number of anilines is 1. The van der Waals surface area contributed by atoms with Crippen molar-refractivity contribution in [2.75, 3.05) is 12.8 Å². The van der Waals surface area contributed by atoms with Crippen molar-refractivity contribution in [3.8, 4) is 5.75 Å². The molecule has 0 aliphatic rings. The van der Waals surface area contributed by atoms with Gasteiger partial charge in [-0.15, -0.1) is 0 Å². The number of methoxy groups -OCH3 is 1. The lowest BCUT2D eigenvalue weighted by Gasteiger charge is -1.98. The average Bonchev–Trinajstić information content (AvgIpc) is 2.82. The number of aromatic nitrogens is 2. The van der Waals surface area contributed by atoms with Gasteiger partial charge in [0.1, 0.15) is 5.75 Å². The molecule has 96 valence electrons. The lowest BCUT2D eigenvalue weighted by Crippen LogP contribution is -1.82. The van der Waals surface area contributed by atoms with Gasteiger partial charge < -0.3 is 15.5 Å². The Morgan fingerprint density at radius 2 is 1.95 bits per heavy atom. The highest BCUT2D eigenvalue weighted by atomic mass is 32.2. The van der Waals surface area contributed by atoms with E-state index in [1.54, 1.807) is 18.9 Å². The summed E-state index contributed by atoms with van der Waals surface area (Å²) >= 11 is 1.57. The molecule has 0 aliphatic heterocycles. The molecule has 1 heterocycles. The number of aromatic amines is 1. The van der Waals surface area contributed by atoms with Gasteiger partial charge in [-0.25, -0.2) is 4.98 Å². The molecule has 4 nitrogen and oxygen atoms in total. The van der Waals surface area contributed by atoms with E-state index in [-0.39, 0.29) is 0 Å². The van der Waals surface area contributed by atoms with Crippen LogP contribution in [0.2, 0.25) is 0 Å². The van der Waals surface area contributed by atoms with Gasteiger partial charge in [0, 0.05) is 16.6 Å². The van der Waals surface area contributed by atoms with Crippen molar-refractivity contribution in [1.29, 1.82) is 0 Å². The van der Waals surface area contributed by atoms with Gasteiger partial charge in [0.25, 0.3) is 0 Å². The first-order valence-corrected chi connectivity index (χ1v) is 6.63. The summed E-state index contributed by atoms with van der Waals surface area (Å²) in [5.41, 5.74) is 8.33. The van der Waals surface area contributed by atoms with Crippen LogP contribution in [0, 0.1) is 0 Å². The highest BCUT2D eigenvalue weighted by Crippen LogP contribution is 2.28. The van der Waals surface area contributed by atoms with E-state index in [2.05, 4.69) is 9.97 Å². The van der Waals surface area contributed by atoms with Crippen molar-refractivity contribution >= 4 is 28.5 Å². The second kappa shape index (κ2) is 4.85. The van der Waals surface area contributed by atoms with Gasteiger partial charge in [0.15, 0.2) is 5.16 Å². The Kier molecular flexibility index (Phi) is 3.05. The van der Waals surface area contributed by atoms with Crippen LogP contribution in [-0.4, -0.2) is 17.1 Å². The minimum Gasteiger partial charge on any atom is -0.497 e. The van der Waals surface area contributed by atoms with E-state index >= 15 is 0 Å². The second-order valence-electron chi connectivity index (χ2n) is 4.10. The van der Waals surface area contributed by atoms with Gasteiger partial charge in [0.2, 0.25) is 0 Å². The summed E-state index contributed by atoms with van der Waals surface area (Å²) in [6.07, 6.45) is 0. The molecule has 2 aromatic carbocycles. The number of fused-ring (bicyclic) bond motifs is 1. The summed E-state index contributed by atoms with van der Waals surface area (Å²) in [7, 11) is 1.65. The quantitative estimate of drug-likeness (QED) is 0.717. The number of nitrogens with one attached hydrogen (secondary N) is 1. The highest BCUT2D eigenvalue weighted by Gasteiger charge is 2.05. The first kappa shape index (κ1) is 11.9. The first-order valence-electron chi connectivity index (χ1n) is 5.82. The number of H-pyrrole nitrogens is 1. The normalized spacial score (nSPS) is 10.8. The van der Waals surface area contributed by atoms with Crippen LogP contribution in [0.25, 0.3) is 11.0 Å². The summed E-state index contributed by atoms with van der Waals surface area (Å²) in [4.78, 5) is 8.90. The summed E-state index contributed by atoms with van der Waals surface area (Å²) in [5, 5.41) is 0.855. The summed E-state index contributed by atoms with van der Waals surface area (Å²) in [6, 6.07) is 13.5. The fourth-order valence-electron chi connectivity index (χ4n) is 1.79. The number of ether oxygens (including phenoxy) is 1. The largest absolute Gasteiger partial charge is 0.497 e. The molecular formula is C14H13N3OS. The molecule has 0 fully saturated rings. The van der Waals surface area contributed by atoms with Crippen LogP contribution < -0.4 is 10.5 Å². The van der Waals surface area contributed by atoms with E-state index in [1.807, 2.05) is 42.5 Å². The minimum atomic E-state index is 0.763. The Morgan fingerprint density at radius 1 is 1.16 bits per heavy atom. The van der Waals surface area contributed by atoms with Crippen LogP contribution >= 0.6 is 11.8 Å². The SMILES string of the molecule is COc1ccc2nc(Sc3ccc(N)cc3)[nH]c2c1. The van der Waals surface area contributed by atoms with Gasteiger partial charge in [-0.05, 0) is 36.4 Å². The summed E-state index contributed by atoms with van der Waals surface area (Å²) < 4.78 is 5.19. The molecule has 0 atom stereocenters. The van der Waals surface area contributed by atoms with Gasteiger partial charge >= 0.3 is 0 Å². The average molecular weight is 271 g/mol. The highest BCUT2D eigenvalue weighted by molar-refractivity contribution is 7.99. The molecule has 3 rings (SSSR count). The summed E-state index contributed by atoms with van der Waals surface area (Å²) in [6.45, 7) is 0. The maximum Gasteiger partial charge on any atom is 0.171 e. The van der Waals surface area contributed by atoms with Crippen molar-refractivity contribution in [1.82, 2.24) is 9.97 Å². The molecule has 0 aliphatic carbocycles. The molecule has 0 bridgehead atoms. The Balaban J connectivity index is 1.90. The van der Waals surface area contributed by atoms with Crippen LogP contribution in [0.4, 0.5) is 5.69 Å². The maximum absolute atomic E-state index is 5.67. The zero-order valence-electron chi connectivity index (χ0n) is 10.4. The van der Waals surface area contributed by atoms with Crippen molar-refractivity contribution in [3.63, 3.8) is 0 Å². The zero-order chi connectivity index (χ0) is 13.2. The predicted octanol–water partition coefficient (Wildman–Crippen LogP) is 3.30. The Bertz CT molecular complexity index is 706. The Labute approximate surface area is 115 Å². The lowest BCUT2D eigenvalue weighted by molar-refractivity contribution is 0.415. The summed E-state index contributed by atoms with van der Waals surface area (Å²) in [5.74, 6) is 0.820. The van der Waals surface area contributed by atoms with E-state index in [4.69, 9.17) is 10.5 Å². The smallest absolute Gasteiger partial charge is 0.171 e. The molecule has 1 aromatic heterocycles. The Morgan fingerprint density at radius 3 is 2.68 bits per heavy atom. The molecule has 0 saturated carbocycles. The molecule has 5 heteroatoms. The van der Waals surface area contributed by atoms with Gasteiger partial charge in [0.05, 0.1) is 18.1 Å². The van der Waals surface area contributed by atoms with Gasteiger partial charge in [-0.3, -0.25) is 0 Å². The van der Waals surface area contributed by atoms with Crippen molar-refractivity contribution in [2.45, 2.75) is 10.1 Å². The molecular weight excluding hydrogens is 258 g/mol. The van der Waals surface area contributed by atoms with Crippen LogP contribution in [0.3, 0.4) is 0 Å². The topological polar surface area (TPSA) is 63.9 Å². The number of benzene rings is 2. The minimum absolute atomic E-state index is 0.763.